The molecule has 2 fully saturated rings. The van der Waals surface area contributed by atoms with Crippen molar-refractivity contribution in [2.24, 2.45) is 11.8 Å². The predicted molar refractivity (Wildman–Crippen MR) is 176 cm³/mol. The van der Waals surface area contributed by atoms with Gasteiger partial charge < -0.3 is 30.7 Å². The summed E-state index contributed by atoms with van der Waals surface area (Å²) in [5, 5.41) is 10.8. The molecule has 0 spiro atoms. The van der Waals surface area contributed by atoms with Crippen LogP contribution in [0.25, 0.3) is 0 Å². The van der Waals surface area contributed by atoms with Gasteiger partial charge in [0.2, 0.25) is 11.8 Å². The van der Waals surface area contributed by atoms with E-state index in [-0.39, 0.29) is 41.3 Å². The number of alkyl halides is 2. The first kappa shape index (κ1) is 37.6. The van der Waals surface area contributed by atoms with Crippen LogP contribution in [0.15, 0.2) is 54.6 Å². The molecule has 2 aliphatic rings. The van der Waals surface area contributed by atoms with Crippen LogP contribution < -0.4 is 21.3 Å². The number of alkyl carbamates (subject to hydrolysis) is 1. The monoisotopic (exact) mass is 704 g/mol. The third-order valence-electron chi connectivity index (χ3n) is 8.68. The molecule has 0 aromatic heterocycles. The smallest absolute Gasteiger partial charge is 0.408 e. The van der Waals surface area contributed by atoms with Gasteiger partial charge in [-0.15, -0.1) is 0 Å². The maximum Gasteiger partial charge on any atom is 0.408 e. The number of halogens is 3. The Morgan fingerprint density at radius 3 is 2.31 bits per heavy atom. The lowest BCUT2D eigenvalue weighted by Crippen LogP contribution is -2.57. The van der Waals surface area contributed by atoms with Crippen LogP contribution in [0.5, 0.6) is 0 Å². The molecule has 6 atom stereocenters. The zero-order valence-electron chi connectivity index (χ0n) is 27.7. The van der Waals surface area contributed by atoms with Gasteiger partial charge in [-0.3, -0.25) is 19.2 Å². The van der Waals surface area contributed by atoms with Crippen LogP contribution in [0.4, 0.5) is 13.6 Å². The fraction of sp³-hybridized carbons (Fsp3) is 0.514. The van der Waals surface area contributed by atoms with Crippen LogP contribution >= 0.6 is 11.6 Å². The van der Waals surface area contributed by atoms with E-state index in [9.17, 15) is 24.0 Å². The predicted octanol–water partition coefficient (Wildman–Crippen LogP) is 4.93. The van der Waals surface area contributed by atoms with Crippen molar-refractivity contribution < 1.29 is 42.2 Å². The van der Waals surface area contributed by atoms with Gasteiger partial charge in [0, 0.05) is 36.0 Å². The Labute approximate surface area is 289 Å². The number of hydrogen-bond acceptors (Lipinski definition) is 7. The van der Waals surface area contributed by atoms with E-state index in [1.807, 2.05) is 13.8 Å². The molecule has 1 heterocycles. The Bertz CT molecular complexity index is 1490. The van der Waals surface area contributed by atoms with E-state index < -0.39 is 65.6 Å². The summed E-state index contributed by atoms with van der Waals surface area (Å²) >= 11 is 6.00. The molecule has 0 bridgehead atoms. The number of rotatable bonds is 16. The van der Waals surface area contributed by atoms with E-state index in [1.165, 1.54) is 42.5 Å². The summed E-state index contributed by atoms with van der Waals surface area (Å²) in [7, 11) is 0. The van der Waals surface area contributed by atoms with Crippen molar-refractivity contribution in [2.45, 2.75) is 95.6 Å². The second kappa shape index (κ2) is 16.9. The first-order valence-electron chi connectivity index (χ1n) is 16.5. The molecule has 14 heteroatoms. The van der Waals surface area contributed by atoms with Crippen molar-refractivity contribution >= 4 is 41.4 Å². The average molecular weight is 705 g/mol. The summed E-state index contributed by atoms with van der Waals surface area (Å²) in [5.41, 5.74) is -0.471. The number of nitrogens with one attached hydrogen (secondary N) is 4. The van der Waals surface area contributed by atoms with Crippen LogP contribution in [0.1, 0.15) is 76.5 Å². The minimum absolute atomic E-state index is 0.00589. The molecule has 2 aromatic rings. The van der Waals surface area contributed by atoms with Gasteiger partial charge in [-0.2, -0.15) is 8.78 Å². The van der Waals surface area contributed by atoms with Crippen molar-refractivity contribution in [3.63, 3.8) is 0 Å². The standard InChI is InChI=1S/C35H43ClF2N4O7/c1-4-20(2)17-28(42-34(47)49-30(22-9-6-5-7-10-22)35(37,38)24-11-8-12-25(36)19-24)32(45)41-27(18-23-15-16-39-31(23)44)29(48-21(3)43)33(46)40-26-13-14-26/h5-12,19-20,23,26-30H,4,13-18H2,1-3H3,(H,39,44)(H,40,46)(H,41,45)(H,42,47)/t20?,23-,27-,28-,29?,30?/m0/s1. The second-order valence-electron chi connectivity index (χ2n) is 12.7. The first-order valence-corrected chi connectivity index (χ1v) is 16.9. The molecule has 0 radical (unpaired) electrons. The van der Waals surface area contributed by atoms with E-state index in [1.54, 1.807) is 6.07 Å². The minimum Gasteiger partial charge on any atom is -0.450 e. The Morgan fingerprint density at radius 2 is 1.71 bits per heavy atom. The topological polar surface area (TPSA) is 152 Å². The summed E-state index contributed by atoms with van der Waals surface area (Å²) in [5.74, 6) is -6.85. The number of benzene rings is 2. The molecule has 11 nitrogen and oxygen atoms in total. The van der Waals surface area contributed by atoms with Gasteiger partial charge in [0.25, 0.3) is 5.91 Å². The maximum atomic E-state index is 16.0. The van der Waals surface area contributed by atoms with Gasteiger partial charge in [-0.05, 0) is 55.7 Å². The van der Waals surface area contributed by atoms with Crippen molar-refractivity contribution in [1.29, 1.82) is 0 Å². The van der Waals surface area contributed by atoms with Gasteiger partial charge in [-0.1, -0.05) is 74.3 Å². The summed E-state index contributed by atoms with van der Waals surface area (Å²) in [6.45, 7) is 5.27. The Hall–Kier alpha value is -4.26. The molecule has 3 unspecified atom stereocenters. The number of amides is 4. The number of carbonyl (C=O) groups excluding carboxylic acids is 5. The summed E-state index contributed by atoms with van der Waals surface area (Å²) in [6, 6.07) is 10.00. The van der Waals surface area contributed by atoms with Crippen LogP contribution in [-0.4, -0.2) is 60.6 Å². The molecule has 4 N–H and O–H groups in total. The highest BCUT2D eigenvalue weighted by Crippen LogP contribution is 2.43. The third-order valence-corrected chi connectivity index (χ3v) is 8.91. The molecule has 1 saturated carbocycles. The number of esters is 1. The summed E-state index contributed by atoms with van der Waals surface area (Å²) < 4.78 is 42.8. The lowest BCUT2D eigenvalue weighted by molar-refractivity contribution is -0.157. The molecular formula is C35H43ClF2N4O7. The Balaban J connectivity index is 1.59. The average Bonchev–Trinajstić information content (AvgIpc) is 3.79. The lowest BCUT2D eigenvalue weighted by atomic mass is 9.93. The molecule has 1 aliphatic heterocycles. The molecule has 1 aliphatic carbocycles. The van der Waals surface area contributed by atoms with Crippen LogP contribution in [0.3, 0.4) is 0 Å². The Kier molecular flexibility index (Phi) is 13.0. The highest BCUT2D eigenvalue weighted by atomic mass is 35.5. The molecule has 2 aromatic carbocycles. The molecule has 49 heavy (non-hydrogen) atoms. The van der Waals surface area contributed by atoms with Crippen LogP contribution in [-0.2, 0) is 34.6 Å². The third kappa shape index (κ3) is 10.6. The number of ether oxygens (including phenoxy) is 2. The molecular weight excluding hydrogens is 662 g/mol. The lowest BCUT2D eigenvalue weighted by Gasteiger charge is -2.31. The summed E-state index contributed by atoms with van der Waals surface area (Å²) in [6.07, 6.45) is -2.23. The van der Waals surface area contributed by atoms with Crippen molar-refractivity contribution in [3.05, 3.63) is 70.7 Å². The SMILES string of the molecule is CCC(C)C[C@H](NC(=O)OC(c1ccccc1)C(F)(F)c1cccc(Cl)c1)C(=O)N[C@@H](C[C@@H]1CCNC1=O)C(OC(C)=O)C(=O)NC1CC1. The molecule has 266 valence electrons. The minimum atomic E-state index is -3.73. The van der Waals surface area contributed by atoms with Crippen LogP contribution in [0, 0.1) is 11.8 Å². The zero-order valence-corrected chi connectivity index (χ0v) is 28.4. The van der Waals surface area contributed by atoms with E-state index in [4.69, 9.17) is 21.1 Å². The molecule has 4 amide bonds. The maximum absolute atomic E-state index is 16.0. The van der Waals surface area contributed by atoms with Crippen molar-refractivity contribution in [3.8, 4) is 0 Å². The highest BCUT2D eigenvalue weighted by Gasteiger charge is 2.46. The van der Waals surface area contributed by atoms with E-state index in [2.05, 4.69) is 21.3 Å². The number of hydrogen-bond donors (Lipinski definition) is 4. The molecule has 4 rings (SSSR count). The number of carbonyl (C=O) groups is 5. The van der Waals surface area contributed by atoms with Gasteiger partial charge in [0.15, 0.2) is 12.2 Å². The van der Waals surface area contributed by atoms with Crippen LogP contribution in [0.2, 0.25) is 5.02 Å². The quantitative estimate of drug-likeness (QED) is 0.181. The van der Waals surface area contributed by atoms with Crippen molar-refractivity contribution in [2.75, 3.05) is 6.54 Å². The zero-order chi connectivity index (χ0) is 35.7. The summed E-state index contributed by atoms with van der Waals surface area (Å²) in [4.78, 5) is 65.2. The highest BCUT2D eigenvalue weighted by molar-refractivity contribution is 6.30. The molecule has 1 saturated heterocycles. The van der Waals surface area contributed by atoms with E-state index in [0.29, 0.717) is 19.4 Å². The van der Waals surface area contributed by atoms with Gasteiger partial charge in [-0.25, -0.2) is 4.79 Å². The largest absolute Gasteiger partial charge is 0.450 e. The fourth-order valence-electron chi connectivity index (χ4n) is 5.64. The fourth-order valence-corrected chi connectivity index (χ4v) is 5.83. The normalized spacial score (nSPS) is 19.0. The first-order chi connectivity index (χ1) is 23.3. The van der Waals surface area contributed by atoms with E-state index >= 15 is 8.78 Å². The van der Waals surface area contributed by atoms with Gasteiger partial charge >= 0.3 is 18.0 Å². The second-order valence-corrected chi connectivity index (χ2v) is 13.2. The van der Waals surface area contributed by atoms with Gasteiger partial charge in [0.1, 0.15) is 6.04 Å². The van der Waals surface area contributed by atoms with Gasteiger partial charge in [0.05, 0.1) is 6.04 Å². The van der Waals surface area contributed by atoms with Crippen molar-refractivity contribution in [1.82, 2.24) is 21.3 Å². The Morgan fingerprint density at radius 1 is 1.00 bits per heavy atom. The van der Waals surface area contributed by atoms with E-state index in [0.717, 1.165) is 25.8 Å².